The zero-order valence-electron chi connectivity index (χ0n) is 8.53. The highest BCUT2D eigenvalue weighted by Gasteiger charge is 2.18. The molecule has 0 aromatic carbocycles. The normalized spacial score (nSPS) is 22.2. The van der Waals surface area contributed by atoms with Gasteiger partial charge in [0.2, 0.25) is 0 Å². The topological polar surface area (TPSA) is 50.7 Å². The summed E-state index contributed by atoms with van der Waals surface area (Å²) in [5.74, 6) is 1.37. The van der Waals surface area contributed by atoms with Gasteiger partial charge in [0.1, 0.15) is 0 Å². The van der Waals surface area contributed by atoms with Crippen molar-refractivity contribution in [2.45, 2.75) is 32.1 Å². The Kier molecular flexibility index (Phi) is 3.03. The predicted molar refractivity (Wildman–Crippen MR) is 54.0 cm³/mol. The molecule has 76 valence electrons. The molecule has 0 saturated carbocycles. The molecule has 4 nitrogen and oxygen atoms in total. The highest BCUT2D eigenvalue weighted by atomic mass is 15.1. The Morgan fingerprint density at radius 1 is 1.57 bits per heavy atom. The minimum atomic E-state index is 0.461. The lowest BCUT2D eigenvalue weighted by atomic mass is 9.99. The first-order valence-corrected chi connectivity index (χ1v) is 5.29. The summed E-state index contributed by atoms with van der Waals surface area (Å²) >= 11 is 0. The molecule has 1 aromatic rings. The summed E-state index contributed by atoms with van der Waals surface area (Å²) in [7, 11) is 0. The Labute approximate surface area is 84.2 Å². The van der Waals surface area contributed by atoms with Crippen LogP contribution in [0.2, 0.25) is 0 Å². The van der Waals surface area contributed by atoms with Crippen LogP contribution in [-0.4, -0.2) is 28.3 Å². The van der Waals surface area contributed by atoms with Crippen molar-refractivity contribution >= 4 is 0 Å². The number of rotatable bonds is 2. The summed E-state index contributed by atoms with van der Waals surface area (Å²) in [6.45, 7) is 4.21. The van der Waals surface area contributed by atoms with E-state index in [1.54, 1.807) is 6.20 Å². The lowest BCUT2D eigenvalue weighted by molar-refractivity contribution is 0.441. The number of nitrogens with one attached hydrogen (secondary N) is 1. The fraction of sp³-hybridized carbons (Fsp3) is 0.700. The maximum absolute atomic E-state index is 4.50. The molecule has 1 saturated heterocycles. The molecule has 14 heavy (non-hydrogen) atoms. The Balaban J connectivity index is 2.13. The smallest absolute Gasteiger partial charge is 0.155 e. The van der Waals surface area contributed by atoms with Crippen LogP contribution >= 0.6 is 0 Å². The van der Waals surface area contributed by atoms with Crippen molar-refractivity contribution in [1.82, 2.24) is 20.5 Å². The van der Waals surface area contributed by atoms with Crippen molar-refractivity contribution < 1.29 is 0 Å². The van der Waals surface area contributed by atoms with Crippen LogP contribution in [0.5, 0.6) is 0 Å². The zero-order valence-corrected chi connectivity index (χ0v) is 8.53. The van der Waals surface area contributed by atoms with Gasteiger partial charge >= 0.3 is 0 Å². The standard InChI is InChI=1S/C10H16N4/c1-2-9-7-12-14-10(13-9)8-4-3-5-11-6-8/h7-8,11H,2-6H2,1H3. The van der Waals surface area contributed by atoms with Crippen LogP contribution in [0.25, 0.3) is 0 Å². The van der Waals surface area contributed by atoms with Gasteiger partial charge in [0.05, 0.1) is 11.9 Å². The van der Waals surface area contributed by atoms with E-state index in [4.69, 9.17) is 0 Å². The van der Waals surface area contributed by atoms with E-state index in [0.717, 1.165) is 31.0 Å². The largest absolute Gasteiger partial charge is 0.316 e. The van der Waals surface area contributed by atoms with Gasteiger partial charge in [-0.2, -0.15) is 5.10 Å². The third-order valence-corrected chi connectivity index (χ3v) is 2.65. The van der Waals surface area contributed by atoms with Crippen molar-refractivity contribution in [2.75, 3.05) is 13.1 Å². The predicted octanol–water partition coefficient (Wildman–Crippen LogP) is 0.901. The number of aryl methyl sites for hydroxylation is 1. The lowest BCUT2D eigenvalue weighted by Crippen LogP contribution is -2.29. The van der Waals surface area contributed by atoms with Gasteiger partial charge < -0.3 is 5.32 Å². The van der Waals surface area contributed by atoms with Gasteiger partial charge in [0.25, 0.3) is 0 Å². The molecule has 2 rings (SSSR count). The van der Waals surface area contributed by atoms with Crippen LogP contribution in [0.4, 0.5) is 0 Å². The van der Waals surface area contributed by atoms with E-state index in [9.17, 15) is 0 Å². The molecule has 1 aromatic heterocycles. The summed E-state index contributed by atoms with van der Waals surface area (Å²) in [4.78, 5) is 4.50. The van der Waals surface area contributed by atoms with Crippen LogP contribution in [0, 0.1) is 0 Å². The molecule has 1 aliphatic heterocycles. The average molecular weight is 192 g/mol. The van der Waals surface area contributed by atoms with E-state index in [2.05, 4.69) is 27.4 Å². The molecule has 0 spiro atoms. The Bertz CT molecular complexity index is 294. The first kappa shape index (κ1) is 9.52. The van der Waals surface area contributed by atoms with Crippen molar-refractivity contribution in [2.24, 2.45) is 0 Å². The van der Waals surface area contributed by atoms with E-state index < -0.39 is 0 Å². The van der Waals surface area contributed by atoms with E-state index in [1.807, 2.05) is 0 Å². The molecular formula is C10H16N4. The minimum absolute atomic E-state index is 0.461. The fourth-order valence-electron chi connectivity index (χ4n) is 1.77. The maximum atomic E-state index is 4.50. The third kappa shape index (κ3) is 2.07. The number of nitrogens with zero attached hydrogens (tertiary/aromatic N) is 3. The van der Waals surface area contributed by atoms with E-state index in [1.165, 1.54) is 12.8 Å². The summed E-state index contributed by atoms with van der Waals surface area (Å²) in [6, 6.07) is 0. The molecule has 0 aliphatic carbocycles. The summed E-state index contributed by atoms with van der Waals surface area (Å²) < 4.78 is 0. The summed E-state index contributed by atoms with van der Waals surface area (Å²) in [5, 5.41) is 11.5. The molecular weight excluding hydrogens is 176 g/mol. The highest BCUT2D eigenvalue weighted by molar-refractivity contribution is 5.02. The maximum Gasteiger partial charge on any atom is 0.155 e. The average Bonchev–Trinajstić information content (AvgIpc) is 2.30. The molecule has 2 heterocycles. The van der Waals surface area contributed by atoms with Crippen molar-refractivity contribution in [1.29, 1.82) is 0 Å². The molecule has 1 aliphatic rings. The third-order valence-electron chi connectivity index (χ3n) is 2.65. The zero-order chi connectivity index (χ0) is 9.80. The molecule has 0 bridgehead atoms. The molecule has 1 N–H and O–H groups in total. The molecule has 4 heteroatoms. The van der Waals surface area contributed by atoms with Gasteiger partial charge in [-0.25, -0.2) is 4.98 Å². The highest BCUT2D eigenvalue weighted by Crippen LogP contribution is 2.19. The fourth-order valence-corrected chi connectivity index (χ4v) is 1.77. The number of piperidine rings is 1. The second kappa shape index (κ2) is 4.46. The van der Waals surface area contributed by atoms with Crippen LogP contribution in [0.15, 0.2) is 6.20 Å². The van der Waals surface area contributed by atoms with Gasteiger partial charge in [-0.05, 0) is 25.8 Å². The molecule has 1 atom stereocenters. The molecule has 1 fully saturated rings. The molecule has 1 unspecified atom stereocenters. The van der Waals surface area contributed by atoms with E-state index in [-0.39, 0.29) is 0 Å². The van der Waals surface area contributed by atoms with Crippen molar-refractivity contribution in [3.05, 3.63) is 17.7 Å². The second-order valence-corrected chi connectivity index (χ2v) is 3.70. The Morgan fingerprint density at radius 2 is 2.50 bits per heavy atom. The molecule has 0 amide bonds. The van der Waals surface area contributed by atoms with Crippen LogP contribution in [0.1, 0.15) is 37.2 Å². The lowest BCUT2D eigenvalue weighted by Gasteiger charge is -2.20. The molecule has 0 radical (unpaired) electrons. The number of aromatic nitrogens is 3. The second-order valence-electron chi connectivity index (χ2n) is 3.70. The SMILES string of the molecule is CCc1cnnc(C2CCCNC2)n1. The Morgan fingerprint density at radius 3 is 3.21 bits per heavy atom. The van der Waals surface area contributed by atoms with Crippen LogP contribution in [-0.2, 0) is 6.42 Å². The van der Waals surface area contributed by atoms with Gasteiger partial charge in [-0.15, -0.1) is 5.10 Å². The van der Waals surface area contributed by atoms with E-state index in [0.29, 0.717) is 5.92 Å². The first-order chi connectivity index (χ1) is 6.90. The minimum Gasteiger partial charge on any atom is -0.316 e. The van der Waals surface area contributed by atoms with Gasteiger partial charge in [-0.1, -0.05) is 6.92 Å². The van der Waals surface area contributed by atoms with Gasteiger partial charge in [0.15, 0.2) is 5.82 Å². The first-order valence-electron chi connectivity index (χ1n) is 5.29. The van der Waals surface area contributed by atoms with Gasteiger partial charge in [0, 0.05) is 12.5 Å². The summed E-state index contributed by atoms with van der Waals surface area (Å²) in [6.07, 6.45) is 5.08. The number of hydrogen-bond donors (Lipinski definition) is 1. The van der Waals surface area contributed by atoms with Gasteiger partial charge in [-0.3, -0.25) is 0 Å². The quantitative estimate of drug-likeness (QED) is 0.756. The van der Waals surface area contributed by atoms with Crippen molar-refractivity contribution in [3.8, 4) is 0 Å². The monoisotopic (exact) mass is 192 g/mol. The van der Waals surface area contributed by atoms with Crippen molar-refractivity contribution in [3.63, 3.8) is 0 Å². The number of hydrogen-bond acceptors (Lipinski definition) is 4. The van der Waals surface area contributed by atoms with Crippen LogP contribution < -0.4 is 5.32 Å². The van der Waals surface area contributed by atoms with E-state index >= 15 is 0 Å². The van der Waals surface area contributed by atoms with Crippen LogP contribution in [0.3, 0.4) is 0 Å². The Hall–Kier alpha value is -1.03. The summed E-state index contributed by atoms with van der Waals surface area (Å²) in [5.41, 5.74) is 1.04.